The Morgan fingerprint density at radius 3 is 1.79 bits per heavy atom. The standard InChI is InChI=1S/C6H11F3O3S.H3N/c1-3-5(4-2)12-13(10,11)6(7,8)9;/h5H,3-4H2,1-2H3;1H3. The molecule has 0 amide bonds. The van der Waals surface area contributed by atoms with Crippen LogP contribution in [-0.4, -0.2) is 20.0 Å². The summed E-state index contributed by atoms with van der Waals surface area (Å²) in [4.78, 5) is 0. The normalized spacial score (nSPS) is 12.7. The fraction of sp³-hybridized carbons (Fsp3) is 1.00. The Morgan fingerprint density at radius 2 is 1.57 bits per heavy atom. The molecule has 0 saturated heterocycles. The van der Waals surface area contributed by atoms with Gasteiger partial charge in [-0.1, -0.05) is 13.8 Å². The lowest BCUT2D eigenvalue weighted by Crippen LogP contribution is -2.29. The van der Waals surface area contributed by atoms with Gasteiger partial charge in [-0.3, -0.25) is 4.18 Å². The summed E-state index contributed by atoms with van der Waals surface area (Å²) in [6.07, 6.45) is -0.441. The van der Waals surface area contributed by atoms with Gasteiger partial charge in [-0.2, -0.15) is 21.6 Å². The molecule has 14 heavy (non-hydrogen) atoms. The molecule has 4 nitrogen and oxygen atoms in total. The van der Waals surface area contributed by atoms with Crippen LogP contribution in [0.2, 0.25) is 0 Å². The van der Waals surface area contributed by atoms with Crippen LogP contribution in [0.25, 0.3) is 0 Å². The average Bonchev–Trinajstić information content (AvgIpc) is 1.98. The first-order valence-corrected chi connectivity index (χ1v) is 5.15. The van der Waals surface area contributed by atoms with E-state index >= 15 is 0 Å². The first-order chi connectivity index (χ1) is 5.74. The van der Waals surface area contributed by atoms with Crippen molar-refractivity contribution in [3.63, 3.8) is 0 Å². The largest absolute Gasteiger partial charge is 0.523 e. The third-order valence-corrected chi connectivity index (χ3v) is 2.55. The number of halogens is 3. The number of rotatable bonds is 4. The minimum Gasteiger partial charge on any atom is -0.344 e. The van der Waals surface area contributed by atoms with Gasteiger partial charge in [-0.05, 0) is 12.8 Å². The maximum Gasteiger partial charge on any atom is 0.523 e. The molecule has 0 spiro atoms. The predicted octanol–water partition coefficient (Wildman–Crippen LogP) is 2.20. The van der Waals surface area contributed by atoms with Crippen LogP contribution in [0.3, 0.4) is 0 Å². The second kappa shape index (κ2) is 5.52. The zero-order chi connectivity index (χ0) is 10.7. The van der Waals surface area contributed by atoms with Gasteiger partial charge in [-0.15, -0.1) is 0 Å². The van der Waals surface area contributed by atoms with Gasteiger partial charge in [0, 0.05) is 0 Å². The number of alkyl halides is 3. The van der Waals surface area contributed by atoms with E-state index in [1.807, 2.05) is 0 Å². The Hall–Kier alpha value is -0.340. The average molecular weight is 237 g/mol. The third kappa shape index (κ3) is 4.25. The molecule has 0 unspecified atom stereocenters. The van der Waals surface area contributed by atoms with E-state index in [1.165, 1.54) is 0 Å². The summed E-state index contributed by atoms with van der Waals surface area (Å²) in [5, 5.41) is 0. The first kappa shape index (κ1) is 16.1. The molecule has 3 N–H and O–H groups in total. The van der Waals surface area contributed by atoms with Crippen LogP contribution < -0.4 is 6.15 Å². The molecule has 0 rings (SSSR count). The summed E-state index contributed by atoms with van der Waals surface area (Å²) in [6, 6.07) is 0. The van der Waals surface area contributed by atoms with Gasteiger partial charge in [-0.25, -0.2) is 0 Å². The lowest BCUT2D eigenvalue weighted by molar-refractivity contribution is -0.0575. The Bertz CT molecular complexity index is 246. The van der Waals surface area contributed by atoms with E-state index in [2.05, 4.69) is 4.18 Å². The van der Waals surface area contributed by atoms with Crippen LogP contribution in [0.1, 0.15) is 26.7 Å². The molecule has 0 aliphatic rings. The highest BCUT2D eigenvalue weighted by Crippen LogP contribution is 2.26. The Morgan fingerprint density at radius 1 is 1.21 bits per heavy atom. The van der Waals surface area contributed by atoms with Crippen LogP contribution in [0.5, 0.6) is 0 Å². The van der Waals surface area contributed by atoms with Crippen LogP contribution >= 0.6 is 0 Å². The van der Waals surface area contributed by atoms with E-state index in [1.54, 1.807) is 13.8 Å². The van der Waals surface area contributed by atoms with Crippen LogP contribution in [0.15, 0.2) is 0 Å². The van der Waals surface area contributed by atoms with Gasteiger partial charge in [0.25, 0.3) is 0 Å². The minimum absolute atomic E-state index is 0. The Balaban J connectivity index is 0. The number of hydrogen-bond donors (Lipinski definition) is 1. The number of hydrogen-bond acceptors (Lipinski definition) is 4. The van der Waals surface area contributed by atoms with Gasteiger partial charge >= 0.3 is 15.6 Å². The fourth-order valence-corrected chi connectivity index (χ4v) is 1.40. The van der Waals surface area contributed by atoms with Crippen molar-refractivity contribution in [2.75, 3.05) is 0 Å². The zero-order valence-electron chi connectivity index (χ0n) is 7.97. The molecule has 8 heteroatoms. The molecule has 0 aromatic heterocycles. The lowest BCUT2D eigenvalue weighted by Gasteiger charge is -2.14. The molecule has 0 aromatic rings. The highest BCUT2D eigenvalue weighted by molar-refractivity contribution is 7.87. The van der Waals surface area contributed by atoms with Gasteiger partial charge in [0.05, 0.1) is 6.10 Å². The molecular weight excluding hydrogens is 223 g/mol. The topological polar surface area (TPSA) is 78.4 Å². The van der Waals surface area contributed by atoms with Crippen molar-refractivity contribution < 1.29 is 25.8 Å². The summed E-state index contributed by atoms with van der Waals surface area (Å²) >= 11 is 0. The molecule has 88 valence electrons. The van der Waals surface area contributed by atoms with Gasteiger partial charge in [0.1, 0.15) is 0 Å². The maximum atomic E-state index is 11.8. The van der Waals surface area contributed by atoms with Crippen LogP contribution in [0, 0.1) is 0 Å². The summed E-state index contributed by atoms with van der Waals surface area (Å²) in [6.45, 7) is 3.11. The molecular formula is C6H14F3NO3S. The van der Waals surface area contributed by atoms with E-state index in [4.69, 9.17) is 0 Å². The predicted molar refractivity (Wildman–Crippen MR) is 45.5 cm³/mol. The smallest absolute Gasteiger partial charge is 0.344 e. The van der Waals surface area contributed by atoms with E-state index in [-0.39, 0.29) is 19.0 Å². The summed E-state index contributed by atoms with van der Waals surface area (Å²) in [5.41, 5.74) is -5.32. The van der Waals surface area contributed by atoms with Gasteiger partial charge in [0.2, 0.25) is 0 Å². The minimum atomic E-state index is -5.42. The molecule has 0 heterocycles. The van der Waals surface area contributed by atoms with Crippen molar-refractivity contribution in [3.05, 3.63) is 0 Å². The highest BCUT2D eigenvalue weighted by atomic mass is 32.2. The monoisotopic (exact) mass is 237 g/mol. The highest BCUT2D eigenvalue weighted by Gasteiger charge is 2.48. The van der Waals surface area contributed by atoms with Crippen LogP contribution in [-0.2, 0) is 14.3 Å². The van der Waals surface area contributed by atoms with Crippen molar-refractivity contribution in [1.29, 1.82) is 0 Å². The second-order valence-electron chi connectivity index (χ2n) is 2.43. The third-order valence-electron chi connectivity index (χ3n) is 1.46. The van der Waals surface area contributed by atoms with E-state index < -0.39 is 21.7 Å². The van der Waals surface area contributed by atoms with Gasteiger partial charge in [0.15, 0.2) is 0 Å². The van der Waals surface area contributed by atoms with Crippen molar-refractivity contribution in [2.24, 2.45) is 0 Å². The summed E-state index contributed by atoms with van der Waals surface area (Å²) in [5.74, 6) is 0. The fourth-order valence-electron chi connectivity index (χ4n) is 0.658. The molecule has 0 fully saturated rings. The molecule has 0 radical (unpaired) electrons. The summed E-state index contributed by atoms with van der Waals surface area (Å²) < 4.78 is 60.1. The zero-order valence-corrected chi connectivity index (χ0v) is 8.78. The quantitative estimate of drug-likeness (QED) is 0.600. The molecule has 0 aromatic carbocycles. The molecule has 0 aliphatic carbocycles. The van der Waals surface area contributed by atoms with Gasteiger partial charge < -0.3 is 6.15 Å². The lowest BCUT2D eigenvalue weighted by atomic mass is 10.2. The van der Waals surface area contributed by atoms with E-state index in [0.717, 1.165) is 0 Å². The van der Waals surface area contributed by atoms with E-state index in [9.17, 15) is 21.6 Å². The van der Waals surface area contributed by atoms with E-state index in [0.29, 0.717) is 0 Å². The first-order valence-electron chi connectivity index (χ1n) is 3.74. The molecule has 0 aliphatic heterocycles. The van der Waals surface area contributed by atoms with Crippen LogP contribution in [0.4, 0.5) is 13.2 Å². The molecule has 0 bridgehead atoms. The van der Waals surface area contributed by atoms with Crippen molar-refractivity contribution in [1.82, 2.24) is 6.15 Å². The Kier molecular flexibility index (Phi) is 6.35. The van der Waals surface area contributed by atoms with Crippen molar-refractivity contribution >= 4 is 10.1 Å². The summed E-state index contributed by atoms with van der Waals surface area (Å²) in [7, 11) is -5.42. The molecule has 0 atom stereocenters. The molecule has 0 saturated carbocycles. The SMILES string of the molecule is CCC(CC)OS(=O)(=O)C(F)(F)F.N. The Labute approximate surface area is 81.1 Å². The van der Waals surface area contributed by atoms with Crippen molar-refractivity contribution in [2.45, 2.75) is 38.3 Å². The van der Waals surface area contributed by atoms with Crippen molar-refractivity contribution in [3.8, 4) is 0 Å². The second-order valence-corrected chi connectivity index (χ2v) is 4.00. The maximum absolute atomic E-state index is 11.8.